The molecule has 1 aliphatic carbocycles. The Morgan fingerprint density at radius 2 is 1.83 bits per heavy atom. The monoisotopic (exact) mass is 251 g/mol. The van der Waals surface area contributed by atoms with Gasteiger partial charge in [0.2, 0.25) is 5.91 Å². The summed E-state index contributed by atoms with van der Waals surface area (Å²) in [5.74, 6) is -0.0993. The number of amides is 1. The van der Waals surface area contributed by atoms with Gasteiger partial charge in [0.25, 0.3) is 0 Å². The maximum Gasteiger partial charge on any atom is 0.234 e. The van der Waals surface area contributed by atoms with Crippen molar-refractivity contribution in [1.82, 2.24) is 10.6 Å². The molecule has 102 valence electrons. The summed E-state index contributed by atoms with van der Waals surface area (Å²) >= 11 is 0. The summed E-state index contributed by atoms with van der Waals surface area (Å²) in [6.45, 7) is 9.55. The van der Waals surface area contributed by atoms with Crippen LogP contribution in [0.4, 0.5) is 0 Å². The van der Waals surface area contributed by atoms with Crippen molar-refractivity contribution in [1.29, 1.82) is 5.26 Å². The van der Waals surface area contributed by atoms with Crippen molar-refractivity contribution in [2.24, 2.45) is 10.8 Å². The van der Waals surface area contributed by atoms with Crippen molar-refractivity contribution in [2.45, 2.75) is 53.0 Å². The number of carbonyl (C=O) groups is 1. The molecule has 18 heavy (non-hydrogen) atoms. The van der Waals surface area contributed by atoms with Crippen LogP contribution in [0.5, 0.6) is 0 Å². The molecule has 1 rings (SSSR count). The van der Waals surface area contributed by atoms with Crippen LogP contribution in [0, 0.1) is 22.2 Å². The lowest BCUT2D eigenvalue weighted by atomic mass is 9.63. The van der Waals surface area contributed by atoms with E-state index >= 15 is 0 Å². The first kappa shape index (κ1) is 15.0. The van der Waals surface area contributed by atoms with Gasteiger partial charge in [-0.05, 0) is 30.1 Å². The second kappa shape index (κ2) is 5.71. The third-order valence-corrected chi connectivity index (χ3v) is 3.47. The molecule has 0 unspecified atom stereocenters. The predicted octanol–water partition coefficient (Wildman–Crippen LogP) is 1.82. The summed E-state index contributed by atoms with van der Waals surface area (Å²) in [6.07, 6.45) is 3.42. The van der Waals surface area contributed by atoms with Crippen LogP contribution in [0.3, 0.4) is 0 Å². The number of hydrogen-bond donors (Lipinski definition) is 2. The van der Waals surface area contributed by atoms with Crippen molar-refractivity contribution < 1.29 is 4.79 Å². The van der Waals surface area contributed by atoms with Gasteiger partial charge in [-0.1, -0.05) is 27.7 Å². The van der Waals surface area contributed by atoms with E-state index in [2.05, 4.69) is 38.3 Å². The zero-order valence-corrected chi connectivity index (χ0v) is 12.0. The van der Waals surface area contributed by atoms with E-state index in [0.717, 1.165) is 12.8 Å². The third kappa shape index (κ3) is 5.05. The largest absolute Gasteiger partial charge is 0.342 e. The molecule has 0 aromatic carbocycles. The summed E-state index contributed by atoms with van der Waals surface area (Å²) in [7, 11) is 0. The Labute approximate surface area is 110 Å². The lowest BCUT2D eigenvalue weighted by Gasteiger charge is -2.45. The lowest BCUT2D eigenvalue weighted by molar-refractivity contribution is -0.120. The molecule has 4 heteroatoms. The quantitative estimate of drug-likeness (QED) is 0.749. The minimum Gasteiger partial charge on any atom is -0.342 e. The van der Waals surface area contributed by atoms with Crippen molar-refractivity contribution in [3.8, 4) is 6.07 Å². The molecule has 2 N–H and O–H groups in total. The Hall–Kier alpha value is -1.08. The van der Waals surface area contributed by atoms with E-state index < -0.39 is 0 Å². The summed E-state index contributed by atoms with van der Waals surface area (Å²) in [5.41, 5.74) is 0.644. The van der Waals surface area contributed by atoms with Gasteiger partial charge in [0, 0.05) is 6.04 Å². The van der Waals surface area contributed by atoms with E-state index in [1.54, 1.807) is 0 Å². The smallest absolute Gasteiger partial charge is 0.234 e. The molecule has 0 atom stereocenters. The summed E-state index contributed by atoms with van der Waals surface area (Å²) in [4.78, 5) is 11.4. The Balaban J connectivity index is 2.43. The first-order valence-corrected chi connectivity index (χ1v) is 6.61. The Kier molecular flexibility index (Phi) is 4.75. The minimum absolute atomic E-state index is 0.0855. The fraction of sp³-hybridized carbons (Fsp3) is 0.857. The molecule has 1 fully saturated rings. The van der Waals surface area contributed by atoms with Crippen LogP contribution in [0.15, 0.2) is 0 Å². The summed E-state index contributed by atoms with van der Waals surface area (Å²) in [5, 5.41) is 14.3. The van der Waals surface area contributed by atoms with Crippen LogP contribution in [-0.2, 0) is 4.79 Å². The molecule has 0 spiro atoms. The van der Waals surface area contributed by atoms with Crippen molar-refractivity contribution in [3.63, 3.8) is 0 Å². The SMILES string of the molecule is CC1(C)CC(NCC(=O)NCC#N)CC(C)(C)C1. The maximum absolute atomic E-state index is 11.4. The number of carbonyl (C=O) groups excluding carboxylic acids is 1. The number of rotatable bonds is 4. The van der Waals surface area contributed by atoms with Crippen LogP contribution >= 0.6 is 0 Å². The topological polar surface area (TPSA) is 64.9 Å². The molecule has 0 heterocycles. The highest BCUT2D eigenvalue weighted by Crippen LogP contribution is 2.45. The molecule has 0 radical (unpaired) electrons. The minimum atomic E-state index is -0.0993. The van der Waals surface area contributed by atoms with E-state index in [0.29, 0.717) is 23.4 Å². The molecule has 0 aromatic heterocycles. The number of nitrogens with one attached hydrogen (secondary N) is 2. The second-order valence-corrected chi connectivity index (χ2v) is 6.93. The molecule has 0 aliphatic heterocycles. The van der Waals surface area contributed by atoms with Crippen LogP contribution in [0.1, 0.15) is 47.0 Å². The van der Waals surface area contributed by atoms with Gasteiger partial charge in [-0.2, -0.15) is 5.26 Å². The molecule has 0 aromatic rings. The standard InChI is InChI=1S/C14H25N3O/c1-13(2)7-11(8-14(3,4)10-13)17-9-12(18)16-6-5-15/h11,17H,6-10H2,1-4H3,(H,16,18). The zero-order chi connectivity index (χ0) is 13.8. The van der Waals surface area contributed by atoms with Gasteiger partial charge in [0.15, 0.2) is 0 Å². The molecule has 4 nitrogen and oxygen atoms in total. The molecule has 1 amide bonds. The number of nitriles is 1. The van der Waals surface area contributed by atoms with E-state index in [1.807, 2.05) is 6.07 Å². The fourth-order valence-electron chi connectivity index (χ4n) is 3.43. The highest BCUT2D eigenvalue weighted by Gasteiger charge is 2.38. The van der Waals surface area contributed by atoms with E-state index in [1.165, 1.54) is 6.42 Å². The highest BCUT2D eigenvalue weighted by atomic mass is 16.1. The maximum atomic E-state index is 11.4. The zero-order valence-electron chi connectivity index (χ0n) is 12.0. The van der Waals surface area contributed by atoms with Gasteiger partial charge in [-0.3, -0.25) is 4.79 Å². The van der Waals surface area contributed by atoms with Crippen LogP contribution in [0.2, 0.25) is 0 Å². The van der Waals surface area contributed by atoms with Crippen molar-refractivity contribution >= 4 is 5.91 Å². The normalized spacial score (nSPS) is 22.2. The van der Waals surface area contributed by atoms with Crippen LogP contribution in [0.25, 0.3) is 0 Å². The molecular weight excluding hydrogens is 226 g/mol. The lowest BCUT2D eigenvalue weighted by Crippen LogP contribution is -2.47. The second-order valence-electron chi connectivity index (χ2n) is 6.93. The average molecular weight is 251 g/mol. The molecule has 0 bridgehead atoms. The Morgan fingerprint density at radius 3 is 2.33 bits per heavy atom. The Morgan fingerprint density at radius 1 is 1.28 bits per heavy atom. The van der Waals surface area contributed by atoms with Gasteiger partial charge in [0.05, 0.1) is 12.6 Å². The number of hydrogen-bond acceptors (Lipinski definition) is 3. The molecule has 1 saturated carbocycles. The summed E-state index contributed by atoms with van der Waals surface area (Å²) < 4.78 is 0. The van der Waals surface area contributed by atoms with Gasteiger partial charge in [-0.25, -0.2) is 0 Å². The summed E-state index contributed by atoms with van der Waals surface area (Å²) in [6, 6.07) is 2.29. The predicted molar refractivity (Wildman–Crippen MR) is 71.8 cm³/mol. The van der Waals surface area contributed by atoms with Crippen molar-refractivity contribution in [3.05, 3.63) is 0 Å². The first-order chi connectivity index (χ1) is 8.24. The van der Waals surface area contributed by atoms with Gasteiger partial charge < -0.3 is 10.6 Å². The first-order valence-electron chi connectivity index (χ1n) is 6.61. The van der Waals surface area contributed by atoms with Gasteiger partial charge in [-0.15, -0.1) is 0 Å². The highest BCUT2D eigenvalue weighted by molar-refractivity contribution is 5.78. The Bertz CT molecular complexity index is 325. The molecular formula is C14H25N3O. The van der Waals surface area contributed by atoms with Crippen LogP contribution < -0.4 is 10.6 Å². The van der Waals surface area contributed by atoms with E-state index in [-0.39, 0.29) is 12.5 Å². The van der Waals surface area contributed by atoms with Gasteiger partial charge in [0.1, 0.15) is 6.54 Å². The van der Waals surface area contributed by atoms with Crippen molar-refractivity contribution in [2.75, 3.05) is 13.1 Å². The van der Waals surface area contributed by atoms with E-state index in [9.17, 15) is 4.79 Å². The van der Waals surface area contributed by atoms with Crippen LogP contribution in [-0.4, -0.2) is 25.0 Å². The third-order valence-electron chi connectivity index (χ3n) is 3.47. The molecule has 0 saturated heterocycles. The molecule has 1 aliphatic rings. The fourth-order valence-corrected chi connectivity index (χ4v) is 3.43. The van der Waals surface area contributed by atoms with Gasteiger partial charge >= 0.3 is 0 Å². The average Bonchev–Trinajstić information content (AvgIpc) is 2.19. The van der Waals surface area contributed by atoms with E-state index in [4.69, 9.17) is 5.26 Å². The number of nitrogens with zero attached hydrogens (tertiary/aromatic N) is 1.